The van der Waals surface area contributed by atoms with Gasteiger partial charge in [0.2, 0.25) is 5.88 Å². The highest BCUT2D eigenvalue weighted by Crippen LogP contribution is 2.22. The van der Waals surface area contributed by atoms with Gasteiger partial charge in [-0.25, -0.2) is 4.98 Å². The first-order chi connectivity index (χ1) is 9.21. The lowest BCUT2D eigenvalue weighted by molar-refractivity contribution is 0.458. The highest BCUT2D eigenvalue weighted by atomic mass is 35.5. The predicted molar refractivity (Wildman–Crippen MR) is 72.3 cm³/mol. The summed E-state index contributed by atoms with van der Waals surface area (Å²) in [6, 6.07) is 10.5. The summed E-state index contributed by atoms with van der Waals surface area (Å²) in [4.78, 5) is 8.39. The van der Waals surface area contributed by atoms with Crippen LogP contribution < -0.4 is 4.74 Å². The van der Waals surface area contributed by atoms with Crippen LogP contribution in [0.15, 0.2) is 30.3 Å². The molecule has 0 N–H and O–H groups in total. The molecule has 0 atom stereocenters. The van der Waals surface area contributed by atoms with Crippen molar-refractivity contribution < 1.29 is 4.74 Å². The summed E-state index contributed by atoms with van der Waals surface area (Å²) in [6.45, 7) is 2.04. The Morgan fingerprint density at radius 1 is 1.32 bits per heavy atom. The van der Waals surface area contributed by atoms with Gasteiger partial charge in [-0.05, 0) is 24.6 Å². The van der Waals surface area contributed by atoms with Crippen LogP contribution in [0.5, 0.6) is 11.6 Å². The van der Waals surface area contributed by atoms with Gasteiger partial charge in [-0.1, -0.05) is 24.6 Å². The number of aromatic nitrogens is 2. The van der Waals surface area contributed by atoms with Gasteiger partial charge in [0.15, 0.2) is 0 Å². The van der Waals surface area contributed by atoms with Crippen molar-refractivity contribution in [2.75, 3.05) is 0 Å². The molecule has 2 rings (SSSR count). The topological polar surface area (TPSA) is 58.8 Å². The largest absolute Gasteiger partial charge is 0.439 e. The number of aryl methyl sites for hydroxylation is 1. The van der Waals surface area contributed by atoms with Crippen LogP contribution in [0.4, 0.5) is 0 Å². The zero-order valence-electron chi connectivity index (χ0n) is 10.4. The van der Waals surface area contributed by atoms with Gasteiger partial charge in [0.1, 0.15) is 16.7 Å². The van der Waals surface area contributed by atoms with E-state index in [1.807, 2.05) is 6.92 Å². The van der Waals surface area contributed by atoms with Gasteiger partial charge in [0.25, 0.3) is 0 Å². The molecular formula is C14H12ClN3O. The van der Waals surface area contributed by atoms with E-state index in [1.54, 1.807) is 30.3 Å². The summed E-state index contributed by atoms with van der Waals surface area (Å²) >= 11 is 5.93. The first kappa shape index (κ1) is 13.3. The Labute approximate surface area is 116 Å². The van der Waals surface area contributed by atoms with E-state index in [1.165, 1.54) is 0 Å². The van der Waals surface area contributed by atoms with Crippen molar-refractivity contribution in [3.8, 4) is 17.7 Å². The van der Waals surface area contributed by atoms with Crippen molar-refractivity contribution in [2.24, 2.45) is 0 Å². The molecule has 2 aromatic rings. The lowest BCUT2D eigenvalue weighted by atomic mass is 10.2. The second kappa shape index (κ2) is 6.17. The maximum absolute atomic E-state index is 8.83. The molecular weight excluding hydrogens is 262 g/mol. The van der Waals surface area contributed by atoms with Crippen LogP contribution in [0.1, 0.15) is 24.7 Å². The number of hydrogen-bond donors (Lipinski definition) is 0. The number of ether oxygens (including phenoxy) is 1. The molecule has 0 aliphatic rings. The molecule has 19 heavy (non-hydrogen) atoms. The van der Waals surface area contributed by atoms with E-state index in [4.69, 9.17) is 21.6 Å². The lowest BCUT2D eigenvalue weighted by Crippen LogP contribution is -1.97. The number of nitriles is 1. The second-order valence-electron chi connectivity index (χ2n) is 3.94. The monoisotopic (exact) mass is 273 g/mol. The normalized spacial score (nSPS) is 9.95. The quantitative estimate of drug-likeness (QED) is 0.796. The van der Waals surface area contributed by atoms with Gasteiger partial charge in [-0.15, -0.1) is 0 Å². The van der Waals surface area contributed by atoms with Crippen molar-refractivity contribution >= 4 is 11.6 Å². The SMILES string of the molecule is CCCc1nc(Cl)cc(Oc2cccc(C#N)c2)n1. The Morgan fingerprint density at radius 3 is 2.89 bits per heavy atom. The van der Waals surface area contributed by atoms with Crippen LogP contribution in [0, 0.1) is 11.3 Å². The predicted octanol–water partition coefficient (Wildman–Crippen LogP) is 3.75. The Hall–Kier alpha value is -2.12. The smallest absolute Gasteiger partial charge is 0.224 e. The molecule has 0 fully saturated rings. The maximum Gasteiger partial charge on any atom is 0.224 e. The van der Waals surface area contributed by atoms with Crippen LogP contribution in [-0.4, -0.2) is 9.97 Å². The number of rotatable bonds is 4. The number of hydrogen-bond acceptors (Lipinski definition) is 4. The van der Waals surface area contributed by atoms with Crippen molar-refractivity contribution in [1.29, 1.82) is 5.26 Å². The zero-order valence-corrected chi connectivity index (χ0v) is 11.2. The molecule has 1 aromatic carbocycles. The summed E-state index contributed by atoms with van der Waals surface area (Å²) in [5.41, 5.74) is 0.534. The number of benzene rings is 1. The van der Waals surface area contributed by atoms with E-state index in [0.29, 0.717) is 28.2 Å². The molecule has 0 radical (unpaired) electrons. The minimum atomic E-state index is 0.352. The molecule has 0 aliphatic heterocycles. The standard InChI is InChI=1S/C14H12ClN3O/c1-2-4-13-17-12(15)8-14(18-13)19-11-6-3-5-10(7-11)9-16/h3,5-8H,2,4H2,1H3. The van der Waals surface area contributed by atoms with E-state index in [-0.39, 0.29) is 0 Å². The van der Waals surface area contributed by atoms with Crippen molar-refractivity contribution in [3.63, 3.8) is 0 Å². The summed E-state index contributed by atoms with van der Waals surface area (Å²) in [5, 5.41) is 9.19. The van der Waals surface area contributed by atoms with Gasteiger partial charge in [-0.2, -0.15) is 10.2 Å². The second-order valence-corrected chi connectivity index (χ2v) is 4.32. The fourth-order valence-corrected chi connectivity index (χ4v) is 1.77. The van der Waals surface area contributed by atoms with Crippen LogP contribution in [-0.2, 0) is 6.42 Å². The Bertz CT molecular complexity index is 622. The van der Waals surface area contributed by atoms with Crippen LogP contribution in [0.25, 0.3) is 0 Å². The van der Waals surface area contributed by atoms with E-state index < -0.39 is 0 Å². The minimum Gasteiger partial charge on any atom is -0.439 e. The maximum atomic E-state index is 8.83. The molecule has 0 unspecified atom stereocenters. The van der Waals surface area contributed by atoms with Crippen LogP contribution in [0.3, 0.4) is 0 Å². The summed E-state index contributed by atoms with van der Waals surface area (Å²) in [5.74, 6) is 1.59. The van der Waals surface area contributed by atoms with Gasteiger partial charge >= 0.3 is 0 Å². The van der Waals surface area contributed by atoms with E-state index in [0.717, 1.165) is 12.8 Å². The number of nitrogens with zero attached hydrogens (tertiary/aromatic N) is 3. The minimum absolute atomic E-state index is 0.352. The summed E-state index contributed by atoms with van der Waals surface area (Å²) in [7, 11) is 0. The van der Waals surface area contributed by atoms with E-state index in [9.17, 15) is 0 Å². The Morgan fingerprint density at radius 2 is 2.16 bits per heavy atom. The molecule has 1 heterocycles. The first-order valence-corrected chi connectivity index (χ1v) is 6.30. The van der Waals surface area contributed by atoms with Gasteiger partial charge in [0.05, 0.1) is 11.6 Å². The molecule has 4 nitrogen and oxygen atoms in total. The molecule has 1 aromatic heterocycles. The highest BCUT2D eigenvalue weighted by molar-refractivity contribution is 6.29. The van der Waals surface area contributed by atoms with Gasteiger partial charge < -0.3 is 4.74 Å². The first-order valence-electron chi connectivity index (χ1n) is 5.92. The van der Waals surface area contributed by atoms with Crippen LogP contribution >= 0.6 is 11.6 Å². The third-order valence-electron chi connectivity index (χ3n) is 2.38. The van der Waals surface area contributed by atoms with Crippen molar-refractivity contribution in [3.05, 3.63) is 46.9 Å². The van der Waals surface area contributed by atoms with E-state index >= 15 is 0 Å². The molecule has 96 valence electrons. The van der Waals surface area contributed by atoms with Gasteiger partial charge in [-0.3, -0.25) is 0 Å². The molecule has 0 bridgehead atoms. The highest BCUT2D eigenvalue weighted by Gasteiger charge is 2.05. The van der Waals surface area contributed by atoms with Crippen molar-refractivity contribution in [2.45, 2.75) is 19.8 Å². The molecule has 0 saturated carbocycles. The third-order valence-corrected chi connectivity index (χ3v) is 2.57. The Balaban J connectivity index is 2.25. The van der Waals surface area contributed by atoms with E-state index in [2.05, 4.69) is 16.0 Å². The molecule has 0 saturated heterocycles. The van der Waals surface area contributed by atoms with Crippen LogP contribution in [0.2, 0.25) is 5.15 Å². The fraction of sp³-hybridized carbons (Fsp3) is 0.214. The molecule has 5 heteroatoms. The zero-order chi connectivity index (χ0) is 13.7. The van der Waals surface area contributed by atoms with Gasteiger partial charge in [0, 0.05) is 12.5 Å². The third kappa shape index (κ3) is 3.67. The lowest BCUT2D eigenvalue weighted by Gasteiger charge is -2.06. The average molecular weight is 274 g/mol. The fourth-order valence-electron chi connectivity index (χ4n) is 1.58. The molecule has 0 amide bonds. The average Bonchev–Trinajstić information content (AvgIpc) is 2.38. The van der Waals surface area contributed by atoms with Crippen molar-refractivity contribution in [1.82, 2.24) is 9.97 Å². The Kier molecular flexibility index (Phi) is 4.32. The number of halogens is 1. The molecule has 0 aliphatic carbocycles. The summed E-state index contributed by atoms with van der Waals surface area (Å²) < 4.78 is 5.60. The summed E-state index contributed by atoms with van der Waals surface area (Å²) in [6.07, 6.45) is 1.68. The molecule has 0 spiro atoms.